The standard InChI is InChI=1S/C14H14ClNOS/c1-2-11(10-6-4-3-5-7-10)16-14(17)12-8-9-13(15)18-12/h3-9,11H,2H2,1H3,(H,16,17). The maximum absolute atomic E-state index is 12.0. The van der Waals surface area contributed by atoms with Crippen molar-refractivity contribution in [1.29, 1.82) is 0 Å². The summed E-state index contributed by atoms with van der Waals surface area (Å²) < 4.78 is 0.632. The highest BCUT2D eigenvalue weighted by atomic mass is 35.5. The van der Waals surface area contributed by atoms with Crippen LogP contribution in [0.3, 0.4) is 0 Å². The van der Waals surface area contributed by atoms with Gasteiger partial charge in [-0.15, -0.1) is 11.3 Å². The average Bonchev–Trinajstić information content (AvgIpc) is 2.83. The van der Waals surface area contributed by atoms with Gasteiger partial charge in [-0.05, 0) is 24.1 Å². The molecule has 0 fully saturated rings. The molecule has 1 unspecified atom stereocenters. The molecule has 1 heterocycles. The Morgan fingerprint density at radius 1 is 1.28 bits per heavy atom. The molecule has 18 heavy (non-hydrogen) atoms. The first kappa shape index (κ1) is 13.1. The van der Waals surface area contributed by atoms with E-state index in [4.69, 9.17) is 11.6 Å². The Bertz CT molecular complexity index is 524. The quantitative estimate of drug-likeness (QED) is 0.889. The highest BCUT2D eigenvalue weighted by molar-refractivity contribution is 7.17. The molecule has 4 heteroatoms. The second-order valence-corrected chi connectivity index (χ2v) is 5.66. The Labute approximate surface area is 116 Å². The van der Waals surface area contributed by atoms with Crippen molar-refractivity contribution in [3.05, 3.63) is 57.2 Å². The largest absolute Gasteiger partial charge is 0.345 e. The molecular formula is C14H14ClNOS. The van der Waals surface area contributed by atoms with Crippen molar-refractivity contribution >= 4 is 28.8 Å². The van der Waals surface area contributed by atoms with Gasteiger partial charge in [0.05, 0.1) is 15.3 Å². The van der Waals surface area contributed by atoms with Gasteiger partial charge in [0.1, 0.15) is 0 Å². The van der Waals surface area contributed by atoms with Crippen molar-refractivity contribution in [1.82, 2.24) is 5.32 Å². The van der Waals surface area contributed by atoms with Crippen LogP contribution in [-0.4, -0.2) is 5.91 Å². The lowest BCUT2D eigenvalue weighted by Gasteiger charge is -2.16. The molecule has 0 aliphatic heterocycles. The lowest BCUT2D eigenvalue weighted by Crippen LogP contribution is -2.27. The number of hydrogen-bond acceptors (Lipinski definition) is 2. The van der Waals surface area contributed by atoms with Crippen LogP contribution in [-0.2, 0) is 0 Å². The summed E-state index contributed by atoms with van der Waals surface area (Å²) in [6, 6.07) is 13.5. The molecular weight excluding hydrogens is 266 g/mol. The molecule has 1 N–H and O–H groups in total. The minimum absolute atomic E-state index is 0.0413. The predicted molar refractivity (Wildman–Crippen MR) is 76.3 cm³/mol. The summed E-state index contributed by atoms with van der Waals surface area (Å²) in [5, 5.41) is 3.03. The lowest BCUT2D eigenvalue weighted by atomic mass is 10.0. The zero-order chi connectivity index (χ0) is 13.0. The van der Waals surface area contributed by atoms with E-state index in [0.29, 0.717) is 9.21 Å². The Morgan fingerprint density at radius 2 is 2.00 bits per heavy atom. The maximum Gasteiger partial charge on any atom is 0.261 e. The minimum atomic E-state index is -0.0670. The molecule has 1 amide bonds. The third-order valence-electron chi connectivity index (χ3n) is 2.71. The zero-order valence-corrected chi connectivity index (χ0v) is 11.6. The Balaban J connectivity index is 2.10. The summed E-state index contributed by atoms with van der Waals surface area (Å²) in [7, 11) is 0. The van der Waals surface area contributed by atoms with Gasteiger partial charge in [0.2, 0.25) is 0 Å². The SMILES string of the molecule is CCC(NC(=O)c1ccc(Cl)s1)c1ccccc1. The maximum atomic E-state index is 12.0. The van der Waals surface area contributed by atoms with Crippen molar-refractivity contribution in [3.63, 3.8) is 0 Å². The topological polar surface area (TPSA) is 29.1 Å². The summed E-state index contributed by atoms with van der Waals surface area (Å²) in [5.41, 5.74) is 1.12. The Hall–Kier alpha value is -1.32. The molecule has 0 radical (unpaired) electrons. The van der Waals surface area contributed by atoms with Crippen molar-refractivity contribution in [2.45, 2.75) is 19.4 Å². The van der Waals surface area contributed by atoms with Gasteiger partial charge in [0, 0.05) is 0 Å². The molecule has 0 bridgehead atoms. The van der Waals surface area contributed by atoms with E-state index in [1.807, 2.05) is 30.3 Å². The molecule has 1 atom stereocenters. The first-order valence-electron chi connectivity index (χ1n) is 5.82. The Kier molecular flexibility index (Phi) is 4.39. The highest BCUT2D eigenvalue weighted by Crippen LogP contribution is 2.23. The van der Waals surface area contributed by atoms with Crippen molar-refractivity contribution < 1.29 is 4.79 Å². The van der Waals surface area contributed by atoms with E-state index < -0.39 is 0 Å². The van der Waals surface area contributed by atoms with Crippen LogP contribution in [0, 0.1) is 0 Å². The van der Waals surface area contributed by atoms with E-state index >= 15 is 0 Å². The third-order valence-corrected chi connectivity index (χ3v) is 3.94. The third kappa shape index (κ3) is 3.12. The minimum Gasteiger partial charge on any atom is -0.345 e. The number of nitrogens with one attached hydrogen (secondary N) is 1. The van der Waals surface area contributed by atoms with Crippen molar-refractivity contribution in [2.75, 3.05) is 0 Å². The van der Waals surface area contributed by atoms with Crippen LogP contribution in [0.5, 0.6) is 0 Å². The average molecular weight is 280 g/mol. The predicted octanol–water partition coefficient (Wildman–Crippen LogP) is 4.28. The van der Waals surface area contributed by atoms with Gasteiger partial charge in [-0.3, -0.25) is 4.79 Å². The number of thiophene rings is 1. The van der Waals surface area contributed by atoms with Crippen LogP contribution in [0.25, 0.3) is 0 Å². The lowest BCUT2D eigenvalue weighted by molar-refractivity contribution is 0.0939. The summed E-state index contributed by atoms with van der Waals surface area (Å²) in [6.07, 6.45) is 0.856. The fourth-order valence-electron chi connectivity index (χ4n) is 1.77. The summed E-state index contributed by atoms with van der Waals surface area (Å²) >= 11 is 7.13. The summed E-state index contributed by atoms with van der Waals surface area (Å²) in [5.74, 6) is -0.0670. The number of halogens is 1. The van der Waals surface area contributed by atoms with Crippen LogP contribution in [0.15, 0.2) is 42.5 Å². The molecule has 2 aromatic rings. The van der Waals surface area contributed by atoms with Gasteiger partial charge in [-0.1, -0.05) is 48.9 Å². The first-order chi connectivity index (χ1) is 8.70. The highest BCUT2D eigenvalue weighted by Gasteiger charge is 2.15. The molecule has 0 aliphatic carbocycles. The molecule has 94 valence electrons. The van der Waals surface area contributed by atoms with Gasteiger partial charge < -0.3 is 5.32 Å². The van der Waals surface area contributed by atoms with Crippen LogP contribution in [0.1, 0.15) is 34.6 Å². The summed E-state index contributed by atoms with van der Waals surface area (Å²) in [6.45, 7) is 2.05. The number of benzene rings is 1. The fraction of sp³-hybridized carbons (Fsp3) is 0.214. The van der Waals surface area contributed by atoms with Crippen molar-refractivity contribution in [3.8, 4) is 0 Å². The molecule has 2 nitrogen and oxygen atoms in total. The normalized spacial score (nSPS) is 12.1. The molecule has 1 aromatic carbocycles. The smallest absolute Gasteiger partial charge is 0.261 e. The van der Waals surface area contributed by atoms with Gasteiger partial charge in [0.15, 0.2) is 0 Å². The molecule has 0 saturated carbocycles. The number of hydrogen-bond donors (Lipinski definition) is 1. The van der Waals surface area contributed by atoms with Crippen LogP contribution >= 0.6 is 22.9 Å². The number of carbonyl (C=O) groups is 1. The molecule has 0 aliphatic rings. The number of amides is 1. The first-order valence-corrected chi connectivity index (χ1v) is 7.01. The molecule has 0 spiro atoms. The van der Waals surface area contributed by atoms with Gasteiger partial charge in [-0.2, -0.15) is 0 Å². The van der Waals surface area contributed by atoms with Crippen LogP contribution in [0.2, 0.25) is 4.34 Å². The second kappa shape index (κ2) is 6.03. The molecule has 1 aromatic heterocycles. The van der Waals surface area contributed by atoms with E-state index in [9.17, 15) is 4.79 Å². The Morgan fingerprint density at radius 3 is 2.56 bits per heavy atom. The van der Waals surface area contributed by atoms with Crippen molar-refractivity contribution in [2.24, 2.45) is 0 Å². The van der Waals surface area contributed by atoms with E-state index in [1.165, 1.54) is 11.3 Å². The van der Waals surface area contributed by atoms with Crippen LogP contribution < -0.4 is 5.32 Å². The van der Waals surface area contributed by atoms with E-state index in [2.05, 4.69) is 12.2 Å². The van der Waals surface area contributed by atoms with E-state index in [1.54, 1.807) is 12.1 Å². The van der Waals surface area contributed by atoms with E-state index in [0.717, 1.165) is 12.0 Å². The van der Waals surface area contributed by atoms with Gasteiger partial charge in [0.25, 0.3) is 5.91 Å². The monoisotopic (exact) mass is 279 g/mol. The zero-order valence-electron chi connectivity index (χ0n) is 10.0. The molecule has 0 saturated heterocycles. The fourth-order valence-corrected chi connectivity index (χ4v) is 2.72. The van der Waals surface area contributed by atoms with Gasteiger partial charge in [-0.25, -0.2) is 0 Å². The second-order valence-electron chi connectivity index (χ2n) is 3.95. The van der Waals surface area contributed by atoms with Crippen LogP contribution in [0.4, 0.5) is 0 Å². The number of carbonyl (C=O) groups excluding carboxylic acids is 1. The number of rotatable bonds is 4. The molecule has 2 rings (SSSR count). The summed E-state index contributed by atoms with van der Waals surface area (Å²) in [4.78, 5) is 12.7. The van der Waals surface area contributed by atoms with Gasteiger partial charge >= 0.3 is 0 Å². The van der Waals surface area contributed by atoms with E-state index in [-0.39, 0.29) is 11.9 Å².